The highest BCUT2D eigenvalue weighted by Gasteiger charge is 2.21. The molecule has 21 heavy (non-hydrogen) atoms. The Hall–Kier alpha value is -2.12. The van der Waals surface area contributed by atoms with Crippen LogP contribution in [0.15, 0.2) is 72.8 Å². The maximum atomic E-state index is 6.65. The monoisotopic (exact) mass is 275 g/mol. The summed E-state index contributed by atoms with van der Waals surface area (Å²) in [5.74, 6) is 0.344. The molecule has 0 saturated heterocycles. The Kier molecular flexibility index (Phi) is 4.03. The Morgan fingerprint density at radius 3 is 2.24 bits per heavy atom. The van der Waals surface area contributed by atoms with Crippen LogP contribution in [0.4, 0.5) is 0 Å². The van der Waals surface area contributed by atoms with Crippen LogP contribution < -0.4 is 5.73 Å². The minimum absolute atomic E-state index is 0.0171. The quantitative estimate of drug-likeness (QED) is 0.709. The average molecular weight is 275 g/mol. The maximum absolute atomic E-state index is 6.65. The summed E-state index contributed by atoms with van der Waals surface area (Å²) in [5, 5.41) is 2.52. The van der Waals surface area contributed by atoms with Crippen LogP contribution >= 0.6 is 0 Å². The van der Waals surface area contributed by atoms with Crippen LogP contribution in [0.3, 0.4) is 0 Å². The van der Waals surface area contributed by atoms with Crippen molar-refractivity contribution in [2.75, 3.05) is 0 Å². The molecule has 0 fully saturated rings. The fourth-order valence-corrected chi connectivity index (χ4v) is 3.16. The number of benzene rings is 3. The van der Waals surface area contributed by atoms with Crippen molar-refractivity contribution in [1.82, 2.24) is 0 Å². The van der Waals surface area contributed by atoms with E-state index in [4.69, 9.17) is 5.73 Å². The van der Waals surface area contributed by atoms with Gasteiger partial charge in [-0.25, -0.2) is 0 Å². The number of nitrogens with two attached hydrogens (primary N) is 1. The Balaban J connectivity index is 2.05. The van der Waals surface area contributed by atoms with Crippen molar-refractivity contribution in [1.29, 1.82) is 0 Å². The molecule has 3 aromatic carbocycles. The van der Waals surface area contributed by atoms with Crippen LogP contribution in [0.2, 0.25) is 0 Å². The standard InChI is InChI=1S/C20H21N/c1-2-17(15-9-4-3-5-10-15)20(21)19-14-8-12-16-11-6-7-13-18(16)19/h3-14,17,20H,2,21H2,1H3. The van der Waals surface area contributed by atoms with E-state index in [1.165, 1.54) is 21.9 Å². The molecule has 0 aliphatic carbocycles. The second kappa shape index (κ2) is 6.11. The van der Waals surface area contributed by atoms with E-state index in [1.807, 2.05) is 0 Å². The molecular weight excluding hydrogens is 254 g/mol. The van der Waals surface area contributed by atoms with Crippen molar-refractivity contribution in [3.8, 4) is 0 Å². The minimum atomic E-state index is 0.0171. The highest BCUT2D eigenvalue weighted by Crippen LogP contribution is 2.34. The van der Waals surface area contributed by atoms with Crippen molar-refractivity contribution in [3.05, 3.63) is 83.9 Å². The Bertz CT molecular complexity index is 713. The van der Waals surface area contributed by atoms with Crippen molar-refractivity contribution >= 4 is 10.8 Å². The predicted molar refractivity (Wildman–Crippen MR) is 90.4 cm³/mol. The predicted octanol–water partition coefficient (Wildman–Crippen LogP) is 5.03. The molecule has 0 saturated carbocycles. The summed E-state index contributed by atoms with van der Waals surface area (Å²) in [7, 11) is 0. The van der Waals surface area contributed by atoms with E-state index in [-0.39, 0.29) is 6.04 Å². The summed E-state index contributed by atoms with van der Waals surface area (Å²) in [5.41, 5.74) is 9.21. The van der Waals surface area contributed by atoms with Crippen LogP contribution in [0.5, 0.6) is 0 Å². The van der Waals surface area contributed by atoms with Crippen LogP contribution in [0.25, 0.3) is 10.8 Å². The number of fused-ring (bicyclic) bond motifs is 1. The molecule has 3 rings (SSSR count). The number of rotatable bonds is 4. The zero-order chi connectivity index (χ0) is 14.7. The molecule has 0 aromatic heterocycles. The molecule has 106 valence electrons. The lowest BCUT2D eigenvalue weighted by Gasteiger charge is -2.24. The zero-order valence-electron chi connectivity index (χ0n) is 12.4. The molecular formula is C20H21N. The van der Waals surface area contributed by atoms with Gasteiger partial charge >= 0.3 is 0 Å². The first-order valence-corrected chi connectivity index (χ1v) is 7.59. The van der Waals surface area contributed by atoms with Gasteiger partial charge in [0.05, 0.1) is 0 Å². The second-order valence-corrected chi connectivity index (χ2v) is 5.52. The van der Waals surface area contributed by atoms with Crippen LogP contribution in [0, 0.1) is 0 Å². The summed E-state index contributed by atoms with van der Waals surface area (Å²) in [4.78, 5) is 0. The van der Waals surface area contributed by atoms with Gasteiger partial charge in [0.15, 0.2) is 0 Å². The van der Waals surface area contributed by atoms with Gasteiger partial charge in [-0.05, 0) is 28.3 Å². The van der Waals surface area contributed by atoms with Crippen LogP contribution in [-0.4, -0.2) is 0 Å². The normalized spacial score (nSPS) is 14.0. The van der Waals surface area contributed by atoms with E-state index in [2.05, 4.69) is 79.7 Å². The molecule has 0 aliphatic rings. The molecule has 0 aliphatic heterocycles. The first kappa shape index (κ1) is 13.8. The van der Waals surface area contributed by atoms with Gasteiger partial charge < -0.3 is 5.73 Å². The summed E-state index contributed by atoms with van der Waals surface area (Å²) < 4.78 is 0. The van der Waals surface area contributed by atoms with Gasteiger partial charge in [-0.15, -0.1) is 0 Å². The van der Waals surface area contributed by atoms with Crippen LogP contribution in [0.1, 0.15) is 36.4 Å². The molecule has 1 nitrogen and oxygen atoms in total. The molecule has 0 bridgehead atoms. The number of hydrogen-bond donors (Lipinski definition) is 1. The van der Waals surface area contributed by atoms with Gasteiger partial charge in [-0.1, -0.05) is 79.7 Å². The zero-order valence-corrected chi connectivity index (χ0v) is 12.4. The first-order valence-electron chi connectivity index (χ1n) is 7.59. The van der Waals surface area contributed by atoms with E-state index >= 15 is 0 Å². The highest BCUT2D eigenvalue weighted by molar-refractivity contribution is 5.86. The summed E-state index contributed by atoms with van der Waals surface area (Å²) in [6.07, 6.45) is 1.04. The van der Waals surface area contributed by atoms with Gasteiger partial charge in [0.1, 0.15) is 0 Å². The Morgan fingerprint density at radius 2 is 1.48 bits per heavy atom. The molecule has 2 N–H and O–H groups in total. The van der Waals surface area contributed by atoms with Crippen molar-refractivity contribution in [2.45, 2.75) is 25.3 Å². The van der Waals surface area contributed by atoms with Crippen molar-refractivity contribution < 1.29 is 0 Å². The molecule has 0 spiro atoms. The lowest BCUT2D eigenvalue weighted by atomic mass is 9.84. The van der Waals surface area contributed by atoms with E-state index in [9.17, 15) is 0 Å². The first-order chi connectivity index (χ1) is 10.3. The third-order valence-corrected chi connectivity index (χ3v) is 4.28. The fraction of sp³-hybridized carbons (Fsp3) is 0.200. The molecule has 0 amide bonds. The second-order valence-electron chi connectivity index (χ2n) is 5.52. The molecule has 0 heterocycles. The fourth-order valence-electron chi connectivity index (χ4n) is 3.16. The maximum Gasteiger partial charge on any atom is 0.0370 e. The van der Waals surface area contributed by atoms with E-state index in [0.29, 0.717) is 5.92 Å². The van der Waals surface area contributed by atoms with Crippen molar-refractivity contribution in [2.24, 2.45) is 5.73 Å². The van der Waals surface area contributed by atoms with Gasteiger partial charge in [-0.2, -0.15) is 0 Å². The lowest BCUT2D eigenvalue weighted by Crippen LogP contribution is -2.19. The van der Waals surface area contributed by atoms with E-state index in [0.717, 1.165) is 6.42 Å². The third-order valence-electron chi connectivity index (χ3n) is 4.28. The van der Waals surface area contributed by atoms with Gasteiger partial charge in [0.25, 0.3) is 0 Å². The van der Waals surface area contributed by atoms with Gasteiger partial charge in [0, 0.05) is 12.0 Å². The van der Waals surface area contributed by atoms with E-state index < -0.39 is 0 Å². The highest BCUT2D eigenvalue weighted by atomic mass is 14.7. The van der Waals surface area contributed by atoms with Gasteiger partial charge in [0.2, 0.25) is 0 Å². The molecule has 2 unspecified atom stereocenters. The summed E-state index contributed by atoms with van der Waals surface area (Å²) in [6, 6.07) is 25.5. The molecule has 0 radical (unpaired) electrons. The Morgan fingerprint density at radius 1 is 0.810 bits per heavy atom. The summed E-state index contributed by atoms with van der Waals surface area (Å²) >= 11 is 0. The van der Waals surface area contributed by atoms with Crippen molar-refractivity contribution in [3.63, 3.8) is 0 Å². The number of hydrogen-bond acceptors (Lipinski definition) is 1. The smallest absolute Gasteiger partial charge is 0.0370 e. The van der Waals surface area contributed by atoms with Crippen LogP contribution in [-0.2, 0) is 0 Å². The Labute approximate surface area is 126 Å². The van der Waals surface area contributed by atoms with Gasteiger partial charge in [-0.3, -0.25) is 0 Å². The largest absolute Gasteiger partial charge is 0.323 e. The third kappa shape index (κ3) is 2.70. The molecule has 2 atom stereocenters. The molecule has 3 aromatic rings. The SMILES string of the molecule is CCC(c1ccccc1)C(N)c1cccc2ccccc12. The topological polar surface area (TPSA) is 26.0 Å². The summed E-state index contributed by atoms with van der Waals surface area (Å²) in [6.45, 7) is 2.21. The van der Waals surface area contributed by atoms with E-state index in [1.54, 1.807) is 0 Å². The average Bonchev–Trinajstić information content (AvgIpc) is 2.56. The minimum Gasteiger partial charge on any atom is -0.323 e. The lowest BCUT2D eigenvalue weighted by molar-refractivity contribution is 0.542. The molecule has 1 heteroatoms.